The van der Waals surface area contributed by atoms with Crippen LogP contribution in [0.4, 0.5) is 0 Å². The third kappa shape index (κ3) is 1.04. The first-order chi connectivity index (χ1) is 4.47. The summed E-state index contributed by atoms with van der Waals surface area (Å²) in [6, 6.07) is 0. The highest BCUT2D eigenvalue weighted by Crippen LogP contribution is 2.66. The van der Waals surface area contributed by atoms with Crippen molar-refractivity contribution in [3.05, 3.63) is 0 Å². The molecule has 0 aromatic carbocycles. The molecule has 1 rings (SSSR count). The SMILES string of the molecule is CCCC1(Cl)C(Cl)C1(Cl)Cl. The second-order valence-electron chi connectivity index (χ2n) is 2.60. The molecule has 2 atom stereocenters. The van der Waals surface area contributed by atoms with Gasteiger partial charge in [-0.3, -0.25) is 0 Å². The smallest absolute Gasteiger partial charge is 0.118 e. The summed E-state index contributed by atoms with van der Waals surface area (Å²) in [6.07, 6.45) is 1.73. The molecule has 0 bridgehead atoms. The highest BCUT2D eigenvalue weighted by Gasteiger charge is 2.74. The van der Waals surface area contributed by atoms with Crippen molar-refractivity contribution >= 4 is 46.4 Å². The predicted octanol–water partition coefficient (Wildman–Crippen LogP) is 3.56. The fourth-order valence-electron chi connectivity index (χ4n) is 1.04. The Labute approximate surface area is 80.8 Å². The normalized spacial score (nSPS) is 43.5. The van der Waals surface area contributed by atoms with Gasteiger partial charge in [-0.05, 0) is 6.42 Å². The fourth-order valence-corrected chi connectivity index (χ4v) is 2.81. The topological polar surface area (TPSA) is 0 Å². The summed E-state index contributed by atoms with van der Waals surface area (Å²) >= 11 is 23.3. The van der Waals surface area contributed by atoms with Crippen LogP contribution in [-0.2, 0) is 0 Å². The maximum Gasteiger partial charge on any atom is 0.156 e. The molecular weight excluding hydrogens is 214 g/mol. The van der Waals surface area contributed by atoms with E-state index < -0.39 is 9.21 Å². The van der Waals surface area contributed by atoms with Crippen molar-refractivity contribution in [2.45, 2.75) is 34.3 Å². The van der Waals surface area contributed by atoms with Crippen molar-refractivity contribution < 1.29 is 0 Å². The Bertz CT molecular complexity index is 145. The van der Waals surface area contributed by atoms with Crippen LogP contribution in [0.1, 0.15) is 19.8 Å². The van der Waals surface area contributed by atoms with E-state index in [1.165, 1.54) is 0 Å². The summed E-state index contributed by atoms with van der Waals surface area (Å²) in [7, 11) is 0. The Morgan fingerprint density at radius 1 is 1.30 bits per heavy atom. The summed E-state index contributed by atoms with van der Waals surface area (Å²) in [6.45, 7) is 2.02. The van der Waals surface area contributed by atoms with Crippen LogP contribution in [0.5, 0.6) is 0 Å². The van der Waals surface area contributed by atoms with E-state index in [1.54, 1.807) is 0 Å². The molecule has 0 aromatic rings. The van der Waals surface area contributed by atoms with Crippen molar-refractivity contribution in [2.75, 3.05) is 0 Å². The van der Waals surface area contributed by atoms with Crippen molar-refractivity contribution in [2.24, 2.45) is 0 Å². The van der Waals surface area contributed by atoms with Crippen LogP contribution in [0.3, 0.4) is 0 Å². The van der Waals surface area contributed by atoms with Gasteiger partial charge in [0.1, 0.15) is 0 Å². The van der Waals surface area contributed by atoms with E-state index in [0.717, 1.165) is 12.8 Å². The summed E-state index contributed by atoms with van der Waals surface area (Å²) in [5.74, 6) is 0. The van der Waals surface area contributed by atoms with Gasteiger partial charge in [-0.15, -0.1) is 23.2 Å². The summed E-state index contributed by atoms with van der Waals surface area (Å²) in [5.41, 5.74) is 0. The molecule has 0 heterocycles. The number of hydrogen-bond donors (Lipinski definition) is 0. The third-order valence-corrected chi connectivity index (χ3v) is 4.85. The lowest BCUT2D eigenvalue weighted by Crippen LogP contribution is -2.07. The number of alkyl halides is 4. The Morgan fingerprint density at radius 2 is 1.70 bits per heavy atom. The van der Waals surface area contributed by atoms with Gasteiger partial charge in [0.15, 0.2) is 4.33 Å². The summed E-state index contributed by atoms with van der Waals surface area (Å²) < 4.78 is -0.911. The highest BCUT2D eigenvalue weighted by atomic mass is 35.5. The monoisotopic (exact) mass is 220 g/mol. The molecule has 0 radical (unpaired) electrons. The highest BCUT2D eigenvalue weighted by molar-refractivity contribution is 6.64. The van der Waals surface area contributed by atoms with E-state index in [0.29, 0.717) is 0 Å². The molecule has 1 aliphatic rings. The first-order valence-corrected chi connectivity index (χ1v) is 4.74. The van der Waals surface area contributed by atoms with Gasteiger partial charge in [-0.1, -0.05) is 36.5 Å². The van der Waals surface area contributed by atoms with Crippen LogP contribution in [0.25, 0.3) is 0 Å². The summed E-state index contributed by atoms with van der Waals surface area (Å²) in [5, 5.41) is -0.301. The molecule has 0 N–H and O–H groups in total. The van der Waals surface area contributed by atoms with Gasteiger partial charge >= 0.3 is 0 Å². The Balaban J connectivity index is 2.59. The molecule has 0 nitrogen and oxygen atoms in total. The third-order valence-electron chi connectivity index (χ3n) is 1.80. The Hall–Kier alpha value is 1.16. The van der Waals surface area contributed by atoms with Gasteiger partial charge in [0.25, 0.3) is 0 Å². The van der Waals surface area contributed by atoms with E-state index in [-0.39, 0.29) is 5.38 Å². The second kappa shape index (κ2) is 2.58. The lowest BCUT2D eigenvalue weighted by atomic mass is 10.2. The number of hydrogen-bond acceptors (Lipinski definition) is 0. The lowest BCUT2D eigenvalue weighted by molar-refractivity contribution is 0.733. The summed E-state index contributed by atoms with van der Waals surface area (Å²) in [4.78, 5) is -0.577. The Morgan fingerprint density at radius 3 is 1.80 bits per heavy atom. The molecule has 1 fully saturated rings. The second-order valence-corrected chi connectivity index (χ2v) is 5.09. The van der Waals surface area contributed by atoms with Crippen LogP contribution < -0.4 is 0 Å². The zero-order valence-corrected chi connectivity index (χ0v) is 8.53. The van der Waals surface area contributed by atoms with Crippen LogP contribution in [0.15, 0.2) is 0 Å². The molecule has 10 heavy (non-hydrogen) atoms. The number of halogens is 4. The first-order valence-electron chi connectivity index (χ1n) is 3.17. The molecule has 0 aliphatic heterocycles. The van der Waals surface area contributed by atoms with Gasteiger partial charge in [0.2, 0.25) is 0 Å². The van der Waals surface area contributed by atoms with Gasteiger partial charge < -0.3 is 0 Å². The zero-order valence-electron chi connectivity index (χ0n) is 5.50. The van der Waals surface area contributed by atoms with Crippen LogP contribution >= 0.6 is 46.4 Å². The number of rotatable bonds is 2. The molecule has 0 saturated heterocycles. The fraction of sp³-hybridized carbons (Fsp3) is 1.00. The first kappa shape index (κ1) is 9.25. The van der Waals surface area contributed by atoms with E-state index in [2.05, 4.69) is 0 Å². The van der Waals surface area contributed by atoms with Crippen molar-refractivity contribution in [1.29, 1.82) is 0 Å². The van der Waals surface area contributed by atoms with Gasteiger partial charge in [-0.2, -0.15) is 0 Å². The van der Waals surface area contributed by atoms with Crippen molar-refractivity contribution in [1.82, 2.24) is 0 Å². The average Bonchev–Trinajstić information content (AvgIpc) is 2.17. The predicted molar refractivity (Wildman–Crippen MR) is 47.6 cm³/mol. The maximum atomic E-state index is 5.99. The van der Waals surface area contributed by atoms with Gasteiger partial charge in [0, 0.05) is 0 Å². The Kier molecular flexibility index (Phi) is 2.39. The molecular formula is C6H8Cl4. The van der Waals surface area contributed by atoms with E-state index >= 15 is 0 Å². The lowest BCUT2D eigenvalue weighted by Gasteiger charge is -2.04. The zero-order chi connectivity index (χ0) is 7.99. The molecule has 60 valence electrons. The minimum absolute atomic E-state index is 0.301. The van der Waals surface area contributed by atoms with Crippen molar-refractivity contribution in [3.63, 3.8) is 0 Å². The molecule has 1 saturated carbocycles. The van der Waals surface area contributed by atoms with E-state index in [1.807, 2.05) is 6.92 Å². The van der Waals surface area contributed by atoms with Crippen LogP contribution in [0, 0.1) is 0 Å². The standard InChI is InChI=1S/C6H8Cl4/c1-2-3-5(8)4(7)6(5,9)10/h4H,2-3H2,1H3. The molecule has 0 aromatic heterocycles. The van der Waals surface area contributed by atoms with E-state index in [4.69, 9.17) is 46.4 Å². The molecule has 4 heteroatoms. The molecule has 0 amide bonds. The van der Waals surface area contributed by atoms with Crippen molar-refractivity contribution in [3.8, 4) is 0 Å². The quantitative estimate of drug-likeness (QED) is 0.626. The molecule has 0 spiro atoms. The van der Waals surface area contributed by atoms with Crippen LogP contribution in [-0.4, -0.2) is 14.6 Å². The largest absolute Gasteiger partial charge is 0.156 e. The van der Waals surface area contributed by atoms with Gasteiger partial charge in [0.05, 0.1) is 10.3 Å². The van der Waals surface area contributed by atoms with E-state index in [9.17, 15) is 0 Å². The average molecular weight is 222 g/mol. The maximum absolute atomic E-state index is 5.99. The van der Waals surface area contributed by atoms with Crippen LogP contribution in [0.2, 0.25) is 0 Å². The molecule has 1 aliphatic carbocycles. The van der Waals surface area contributed by atoms with Gasteiger partial charge in [-0.25, -0.2) is 0 Å². The molecule has 2 unspecified atom stereocenters. The minimum atomic E-state index is -0.911. The minimum Gasteiger partial charge on any atom is -0.118 e.